The molecule has 0 unspecified atom stereocenters. The smallest absolute Gasteiger partial charge is 0.289 e. The summed E-state index contributed by atoms with van der Waals surface area (Å²) in [4.78, 5) is 18.6. The molecular weight excluding hydrogens is 346 g/mol. The molecule has 1 aromatic carbocycles. The highest BCUT2D eigenvalue weighted by atomic mass is 35.5. The molecule has 1 aliphatic rings. The molecule has 130 valence electrons. The molecule has 1 fully saturated rings. The average Bonchev–Trinajstić information content (AvgIpc) is 3.30. The van der Waals surface area contributed by atoms with E-state index in [1.807, 2.05) is 0 Å². The summed E-state index contributed by atoms with van der Waals surface area (Å²) in [7, 11) is 1.54. The van der Waals surface area contributed by atoms with E-state index in [4.69, 9.17) is 25.3 Å². The van der Waals surface area contributed by atoms with Gasteiger partial charge < -0.3 is 18.6 Å². The zero-order valence-corrected chi connectivity index (χ0v) is 14.3. The van der Waals surface area contributed by atoms with Crippen LogP contribution in [0.4, 0.5) is 0 Å². The van der Waals surface area contributed by atoms with Gasteiger partial charge in [0.05, 0.1) is 7.11 Å². The number of piperidine rings is 1. The number of hydrogen-bond acceptors (Lipinski definition) is 6. The summed E-state index contributed by atoms with van der Waals surface area (Å²) in [5, 5.41) is 5.17. The van der Waals surface area contributed by atoms with Gasteiger partial charge in [-0.1, -0.05) is 16.8 Å². The van der Waals surface area contributed by atoms with Crippen molar-refractivity contribution >= 4 is 28.5 Å². The number of carbonyl (C=O) groups is 1. The summed E-state index contributed by atoms with van der Waals surface area (Å²) < 4.78 is 15.8. The summed E-state index contributed by atoms with van der Waals surface area (Å²) in [6.45, 7) is 1.24. The first-order valence-corrected chi connectivity index (χ1v) is 8.36. The zero-order chi connectivity index (χ0) is 17.4. The van der Waals surface area contributed by atoms with E-state index >= 15 is 0 Å². The molecule has 7 nitrogen and oxygen atoms in total. The van der Waals surface area contributed by atoms with Crippen molar-refractivity contribution in [1.82, 2.24) is 15.0 Å². The Kier molecular flexibility index (Phi) is 4.09. The molecule has 1 amide bonds. The third kappa shape index (κ3) is 2.95. The number of rotatable bonds is 3. The number of amides is 1. The molecule has 4 rings (SSSR count). The van der Waals surface area contributed by atoms with Gasteiger partial charge in [-0.05, 0) is 25.0 Å². The number of fused-ring (bicyclic) bond motifs is 1. The molecule has 0 bridgehead atoms. The van der Waals surface area contributed by atoms with Gasteiger partial charge in [-0.25, -0.2) is 0 Å². The lowest BCUT2D eigenvalue weighted by Crippen LogP contribution is -2.37. The second-order valence-electron chi connectivity index (χ2n) is 5.99. The van der Waals surface area contributed by atoms with Crippen LogP contribution in [-0.2, 0) is 0 Å². The van der Waals surface area contributed by atoms with Crippen LogP contribution in [0.2, 0.25) is 5.02 Å². The Hall–Kier alpha value is -2.54. The van der Waals surface area contributed by atoms with E-state index in [0.29, 0.717) is 35.3 Å². The predicted molar refractivity (Wildman–Crippen MR) is 90.0 cm³/mol. The minimum Gasteiger partial charge on any atom is -0.493 e. The van der Waals surface area contributed by atoms with E-state index in [9.17, 15) is 4.79 Å². The fraction of sp³-hybridized carbons (Fsp3) is 0.353. The standard InChI is InChI=1S/C17H16ClN3O4/c1-23-13-8-12(18)6-11-7-14(25-15(11)13)17(22)21-4-2-10(3-5-21)16-19-9-24-20-16/h6-10H,2-5H2,1H3. The summed E-state index contributed by atoms with van der Waals surface area (Å²) in [6.07, 6.45) is 2.92. The van der Waals surface area contributed by atoms with E-state index in [-0.39, 0.29) is 17.6 Å². The molecule has 3 heterocycles. The predicted octanol–water partition coefficient (Wildman–Crippen LogP) is 3.50. The quantitative estimate of drug-likeness (QED) is 0.710. The van der Waals surface area contributed by atoms with E-state index in [1.54, 1.807) is 23.1 Å². The molecule has 3 aromatic rings. The van der Waals surface area contributed by atoms with Crippen molar-refractivity contribution in [2.75, 3.05) is 20.2 Å². The number of aromatic nitrogens is 2. The third-order valence-corrected chi connectivity index (χ3v) is 4.72. The highest BCUT2D eigenvalue weighted by molar-refractivity contribution is 6.31. The molecule has 1 saturated heterocycles. The summed E-state index contributed by atoms with van der Waals surface area (Å²) in [5.74, 6) is 1.58. The molecule has 0 aliphatic carbocycles. The lowest BCUT2D eigenvalue weighted by molar-refractivity contribution is 0.0680. The van der Waals surface area contributed by atoms with Crippen LogP contribution in [-0.4, -0.2) is 41.1 Å². The molecule has 0 radical (unpaired) electrons. The van der Waals surface area contributed by atoms with Crippen molar-refractivity contribution in [2.45, 2.75) is 18.8 Å². The van der Waals surface area contributed by atoms with Gasteiger partial charge in [0.1, 0.15) is 0 Å². The maximum Gasteiger partial charge on any atom is 0.289 e. The number of methoxy groups -OCH3 is 1. The topological polar surface area (TPSA) is 81.6 Å². The van der Waals surface area contributed by atoms with Crippen molar-refractivity contribution < 1.29 is 18.5 Å². The van der Waals surface area contributed by atoms with Crippen molar-refractivity contribution in [3.8, 4) is 5.75 Å². The lowest BCUT2D eigenvalue weighted by Gasteiger charge is -2.29. The van der Waals surface area contributed by atoms with Gasteiger partial charge in [-0.15, -0.1) is 0 Å². The maximum absolute atomic E-state index is 12.8. The van der Waals surface area contributed by atoms with Crippen LogP contribution in [0.1, 0.15) is 35.1 Å². The van der Waals surface area contributed by atoms with Crippen LogP contribution in [0, 0.1) is 0 Å². The minimum absolute atomic E-state index is 0.138. The second-order valence-corrected chi connectivity index (χ2v) is 6.43. The van der Waals surface area contributed by atoms with Crippen molar-refractivity contribution in [3.05, 3.63) is 41.2 Å². The van der Waals surface area contributed by atoms with Crippen LogP contribution in [0.15, 0.2) is 33.5 Å². The minimum atomic E-state index is -0.138. The molecule has 25 heavy (non-hydrogen) atoms. The number of halogens is 1. The Morgan fingerprint density at radius 2 is 2.12 bits per heavy atom. The van der Waals surface area contributed by atoms with E-state index in [0.717, 1.165) is 18.2 Å². The van der Waals surface area contributed by atoms with Crippen LogP contribution in [0.5, 0.6) is 5.75 Å². The van der Waals surface area contributed by atoms with Crippen LogP contribution in [0.3, 0.4) is 0 Å². The molecule has 8 heteroatoms. The largest absolute Gasteiger partial charge is 0.493 e. The van der Waals surface area contributed by atoms with E-state index < -0.39 is 0 Å². The lowest BCUT2D eigenvalue weighted by atomic mass is 9.96. The SMILES string of the molecule is COc1cc(Cl)cc2cc(C(=O)N3CCC(c4ncon4)CC3)oc12. The van der Waals surface area contributed by atoms with Crippen LogP contribution >= 0.6 is 11.6 Å². The first-order valence-electron chi connectivity index (χ1n) is 7.98. The van der Waals surface area contributed by atoms with Crippen LogP contribution in [0.25, 0.3) is 11.0 Å². The number of nitrogens with zero attached hydrogens (tertiary/aromatic N) is 3. The van der Waals surface area contributed by atoms with Gasteiger partial charge in [-0.3, -0.25) is 4.79 Å². The maximum atomic E-state index is 12.8. The van der Waals surface area contributed by atoms with Crippen LogP contribution < -0.4 is 4.74 Å². The van der Waals surface area contributed by atoms with Gasteiger partial charge in [0.15, 0.2) is 22.9 Å². The number of hydrogen-bond donors (Lipinski definition) is 0. The fourth-order valence-electron chi connectivity index (χ4n) is 3.20. The molecule has 0 spiro atoms. The van der Waals surface area contributed by atoms with Crippen molar-refractivity contribution in [2.24, 2.45) is 0 Å². The fourth-order valence-corrected chi connectivity index (χ4v) is 3.41. The zero-order valence-electron chi connectivity index (χ0n) is 13.6. The Balaban J connectivity index is 1.53. The Labute approximate surface area is 148 Å². The molecular formula is C17H16ClN3O4. The second kappa shape index (κ2) is 6.40. The molecule has 0 N–H and O–H groups in total. The van der Waals surface area contributed by atoms with Gasteiger partial charge in [0.2, 0.25) is 6.39 Å². The number of likely N-dealkylation sites (tertiary alicyclic amines) is 1. The number of ether oxygens (including phenoxy) is 1. The first-order chi connectivity index (χ1) is 12.2. The van der Waals surface area contributed by atoms with Crippen molar-refractivity contribution in [1.29, 1.82) is 0 Å². The first kappa shape index (κ1) is 16.0. The van der Waals surface area contributed by atoms with Gasteiger partial charge in [0, 0.05) is 35.5 Å². The normalized spacial score (nSPS) is 15.7. The van der Waals surface area contributed by atoms with E-state index in [2.05, 4.69) is 10.1 Å². The van der Waals surface area contributed by atoms with Crippen molar-refractivity contribution in [3.63, 3.8) is 0 Å². The van der Waals surface area contributed by atoms with Gasteiger partial charge >= 0.3 is 0 Å². The Bertz CT molecular complexity index is 898. The van der Waals surface area contributed by atoms with E-state index in [1.165, 1.54) is 13.5 Å². The highest BCUT2D eigenvalue weighted by Crippen LogP contribution is 2.33. The molecule has 0 atom stereocenters. The Morgan fingerprint density at radius 3 is 2.80 bits per heavy atom. The molecule has 2 aromatic heterocycles. The number of benzene rings is 1. The van der Waals surface area contributed by atoms with Gasteiger partial charge in [0.25, 0.3) is 5.91 Å². The average molecular weight is 362 g/mol. The molecule has 1 aliphatic heterocycles. The molecule has 0 saturated carbocycles. The highest BCUT2D eigenvalue weighted by Gasteiger charge is 2.28. The number of carbonyl (C=O) groups excluding carboxylic acids is 1. The summed E-state index contributed by atoms with van der Waals surface area (Å²) in [5.41, 5.74) is 0.525. The monoisotopic (exact) mass is 361 g/mol. The van der Waals surface area contributed by atoms with Gasteiger partial charge in [-0.2, -0.15) is 4.98 Å². The third-order valence-electron chi connectivity index (χ3n) is 4.50. The number of furan rings is 1. The Morgan fingerprint density at radius 1 is 1.32 bits per heavy atom. The summed E-state index contributed by atoms with van der Waals surface area (Å²) >= 11 is 6.07. The summed E-state index contributed by atoms with van der Waals surface area (Å²) in [6, 6.07) is 5.12.